The Morgan fingerprint density at radius 1 is 1.60 bits per heavy atom. The van der Waals surface area contributed by atoms with Crippen LogP contribution < -0.4 is 5.32 Å². The highest BCUT2D eigenvalue weighted by atomic mass is 16.5. The number of nitrogens with one attached hydrogen (secondary N) is 2. The lowest BCUT2D eigenvalue weighted by atomic mass is 10.3. The van der Waals surface area contributed by atoms with Gasteiger partial charge in [-0.3, -0.25) is 5.32 Å². The Morgan fingerprint density at radius 3 is 3.20 bits per heavy atom. The molecule has 0 radical (unpaired) electrons. The second-order valence-electron chi connectivity index (χ2n) is 2.04. The van der Waals surface area contributed by atoms with Crippen LogP contribution >= 0.6 is 0 Å². The van der Waals surface area contributed by atoms with Crippen LogP contribution in [0.25, 0.3) is 0 Å². The summed E-state index contributed by atoms with van der Waals surface area (Å²) >= 11 is 0. The Bertz CT molecular complexity index is 191. The summed E-state index contributed by atoms with van der Waals surface area (Å²) in [5, 5.41) is 16.5. The molecule has 6 heteroatoms. The van der Waals surface area contributed by atoms with Gasteiger partial charge >= 0.3 is 0 Å². The molecule has 10 heavy (non-hydrogen) atoms. The maximum atomic E-state index is 5.05. The van der Waals surface area contributed by atoms with Crippen LogP contribution in [0.5, 0.6) is 0 Å². The molecule has 1 saturated heterocycles. The Morgan fingerprint density at radius 2 is 2.60 bits per heavy atom. The monoisotopic (exact) mass is 141 g/mol. The molecule has 2 N–H and O–H groups in total. The standard InChI is InChI=1S/C4H7N5O/c1-3(5-2-10-1)4-6-8-9-7-4/h3,5H,1-2H2,(H,6,7,8,9)/t3-/m0/s1. The summed E-state index contributed by atoms with van der Waals surface area (Å²) in [6.07, 6.45) is 0. The molecule has 6 nitrogen and oxygen atoms in total. The molecule has 1 fully saturated rings. The number of hydrogen-bond donors (Lipinski definition) is 2. The predicted molar refractivity (Wildman–Crippen MR) is 30.9 cm³/mol. The third-order valence-corrected chi connectivity index (χ3v) is 1.39. The van der Waals surface area contributed by atoms with E-state index >= 15 is 0 Å². The number of aromatic amines is 1. The Labute approximate surface area is 57.0 Å². The van der Waals surface area contributed by atoms with Crippen molar-refractivity contribution in [3.8, 4) is 0 Å². The quantitative estimate of drug-likeness (QED) is 0.514. The summed E-state index contributed by atoms with van der Waals surface area (Å²) in [6, 6.07) is 0.110. The lowest BCUT2D eigenvalue weighted by molar-refractivity contribution is 0.189. The van der Waals surface area contributed by atoms with Crippen LogP contribution in [0.15, 0.2) is 0 Å². The fourth-order valence-corrected chi connectivity index (χ4v) is 0.878. The summed E-state index contributed by atoms with van der Waals surface area (Å²) in [7, 11) is 0. The zero-order chi connectivity index (χ0) is 6.81. The first-order valence-electron chi connectivity index (χ1n) is 3.01. The van der Waals surface area contributed by atoms with Gasteiger partial charge in [-0.25, -0.2) is 0 Å². The van der Waals surface area contributed by atoms with Crippen molar-refractivity contribution in [1.82, 2.24) is 25.9 Å². The van der Waals surface area contributed by atoms with Crippen molar-refractivity contribution >= 4 is 0 Å². The molecule has 1 aliphatic rings. The molecule has 1 aromatic heterocycles. The fraction of sp³-hybridized carbons (Fsp3) is 0.750. The molecule has 0 unspecified atom stereocenters. The summed E-state index contributed by atoms with van der Waals surface area (Å²) in [6.45, 7) is 1.19. The van der Waals surface area contributed by atoms with E-state index in [9.17, 15) is 0 Å². The minimum Gasteiger partial charge on any atom is -0.364 e. The molecule has 1 aliphatic heterocycles. The summed E-state index contributed by atoms with van der Waals surface area (Å²) in [5.74, 6) is 0.664. The molecule has 2 heterocycles. The van der Waals surface area contributed by atoms with Crippen LogP contribution in [-0.4, -0.2) is 34.0 Å². The maximum Gasteiger partial charge on any atom is 0.193 e. The fourth-order valence-electron chi connectivity index (χ4n) is 0.878. The maximum absolute atomic E-state index is 5.05. The van der Waals surface area contributed by atoms with Gasteiger partial charge in [0.1, 0.15) is 0 Å². The first-order valence-corrected chi connectivity index (χ1v) is 3.01. The van der Waals surface area contributed by atoms with E-state index in [4.69, 9.17) is 4.74 Å². The van der Waals surface area contributed by atoms with E-state index in [1.807, 2.05) is 0 Å². The second-order valence-corrected chi connectivity index (χ2v) is 2.04. The Hall–Kier alpha value is -1.01. The average molecular weight is 141 g/mol. The molecule has 0 saturated carbocycles. The molecule has 0 aromatic carbocycles. The average Bonchev–Trinajstić information content (AvgIpc) is 2.59. The third kappa shape index (κ3) is 0.869. The summed E-state index contributed by atoms with van der Waals surface area (Å²) in [4.78, 5) is 0. The van der Waals surface area contributed by atoms with E-state index < -0.39 is 0 Å². The van der Waals surface area contributed by atoms with E-state index in [2.05, 4.69) is 25.9 Å². The van der Waals surface area contributed by atoms with Gasteiger partial charge in [0, 0.05) is 0 Å². The van der Waals surface area contributed by atoms with Gasteiger partial charge in [-0.05, 0) is 0 Å². The molecule has 1 aromatic rings. The number of ether oxygens (including phenoxy) is 1. The van der Waals surface area contributed by atoms with Crippen LogP contribution in [0, 0.1) is 0 Å². The van der Waals surface area contributed by atoms with Gasteiger partial charge in [0.25, 0.3) is 0 Å². The minimum atomic E-state index is 0.110. The van der Waals surface area contributed by atoms with Gasteiger partial charge in [0.05, 0.1) is 19.4 Å². The number of H-pyrrole nitrogens is 1. The molecule has 1 atom stereocenters. The van der Waals surface area contributed by atoms with Crippen LogP contribution in [0.4, 0.5) is 0 Å². The van der Waals surface area contributed by atoms with E-state index in [0.717, 1.165) is 0 Å². The first-order chi connectivity index (χ1) is 4.97. The highest BCUT2D eigenvalue weighted by Crippen LogP contribution is 2.09. The van der Waals surface area contributed by atoms with Gasteiger partial charge in [0.2, 0.25) is 0 Å². The highest BCUT2D eigenvalue weighted by molar-refractivity contribution is 4.90. The predicted octanol–water partition coefficient (Wildman–Crippen LogP) is -1.18. The van der Waals surface area contributed by atoms with Crippen LogP contribution in [0.3, 0.4) is 0 Å². The lowest BCUT2D eigenvalue weighted by Gasteiger charge is -1.98. The van der Waals surface area contributed by atoms with E-state index in [1.165, 1.54) is 0 Å². The van der Waals surface area contributed by atoms with Crippen molar-refractivity contribution in [1.29, 1.82) is 0 Å². The molecular formula is C4H7N5O. The number of tetrazole rings is 1. The minimum absolute atomic E-state index is 0.110. The van der Waals surface area contributed by atoms with Gasteiger partial charge in [0.15, 0.2) is 5.82 Å². The lowest BCUT2D eigenvalue weighted by Crippen LogP contribution is -2.15. The van der Waals surface area contributed by atoms with Crippen LogP contribution in [0.1, 0.15) is 11.9 Å². The van der Waals surface area contributed by atoms with Crippen molar-refractivity contribution < 1.29 is 4.74 Å². The zero-order valence-electron chi connectivity index (χ0n) is 5.24. The number of aromatic nitrogens is 4. The van der Waals surface area contributed by atoms with Crippen molar-refractivity contribution in [2.45, 2.75) is 6.04 Å². The molecule has 0 bridgehead atoms. The van der Waals surface area contributed by atoms with Crippen molar-refractivity contribution in [2.75, 3.05) is 13.3 Å². The first kappa shape index (κ1) is 5.75. The summed E-state index contributed by atoms with van der Waals surface area (Å²) < 4.78 is 5.05. The van der Waals surface area contributed by atoms with Gasteiger partial charge in [-0.15, -0.1) is 10.2 Å². The van der Waals surface area contributed by atoms with Crippen molar-refractivity contribution in [2.24, 2.45) is 0 Å². The van der Waals surface area contributed by atoms with Gasteiger partial charge < -0.3 is 4.74 Å². The zero-order valence-corrected chi connectivity index (χ0v) is 5.24. The SMILES string of the molecule is C1N[C@H](c2nn[nH]n2)CO1. The van der Waals surface area contributed by atoms with Crippen molar-refractivity contribution in [3.05, 3.63) is 5.82 Å². The summed E-state index contributed by atoms with van der Waals surface area (Å²) in [5.41, 5.74) is 0. The molecule has 0 aliphatic carbocycles. The Kier molecular flexibility index (Phi) is 1.33. The van der Waals surface area contributed by atoms with E-state index in [1.54, 1.807) is 0 Å². The van der Waals surface area contributed by atoms with Gasteiger partial charge in [-0.1, -0.05) is 5.21 Å². The van der Waals surface area contributed by atoms with Crippen LogP contribution in [-0.2, 0) is 4.74 Å². The van der Waals surface area contributed by atoms with E-state index in [0.29, 0.717) is 19.2 Å². The molecule has 0 spiro atoms. The van der Waals surface area contributed by atoms with E-state index in [-0.39, 0.29) is 6.04 Å². The van der Waals surface area contributed by atoms with Crippen molar-refractivity contribution in [3.63, 3.8) is 0 Å². The Balaban J connectivity index is 2.12. The number of hydrogen-bond acceptors (Lipinski definition) is 5. The van der Waals surface area contributed by atoms with Gasteiger partial charge in [-0.2, -0.15) is 5.21 Å². The second kappa shape index (κ2) is 2.31. The molecule has 2 rings (SSSR count). The van der Waals surface area contributed by atoms with Crippen LogP contribution in [0.2, 0.25) is 0 Å². The molecule has 0 amide bonds. The third-order valence-electron chi connectivity index (χ3n) is 1.39. The normalized spacial score (nSPS) is 25.4. The largest absolute Gasteiger partial charge is 0.364 e. The molecule has 54 valence electrons. The smallest absolute Gasteiger partial charge is 0.193 e. The number of nitrogens with zero attached hydrogens (tertiary/aromatic N) is 3. The molecular weight excluding hydrogens is 134 g/mol. The topological polar surface area (TPSA) is 75.7 Å². The number of rotatable bonds is 1. The highest BCUT2D eigenvalue weighted by Gasteiger charge is 2.19.